The number of hydrogen-bond acceptors (Lipinski definition) is 5. The average molecular weight is 343 g/mol. The van der Waals surface area contributed by atoms with Crippen LogP contribution in [-0.2, 0) is 0 Å². The largest absolute Gasteiger partial charge is 0.467 e. The maximum Gasteiger partial charge on any atom is 0.323 e. The molecule has 2 rings (SSSR count). The number of unbranched alkanes of at least 4 members (excludes halogenated alkanes) is 2. The lowest BCUT2D eigenvalue weighted by Crippen LogP contribution is -2.35. The second-order valence-corrected chi connectivity index (χ2v) is 6.24. The summed E-state index contributed by atoms with van der Waals surface area (Å²) in [5.41, 5.74) is 0.674. The molecule has 0 spiro atoms. The second-order valence-electron chi connectivity index (χ2n) is 6.24. The second kappa shape index (κ2) is 9.35. The van der Waals surface area contributed by atoms with Crippen molar-refractivity contribution in [1.29, 1.82) is 0 Å². The van der Waals surface area contributed by atoms with Crippen molar-refractivity contribution in [3.63, 3.8) is 0 Å². The first-order valence-electron chi connectivity index (χ1n) is 9.20. The Morgan fingerprint density at radius 2 is 1.56 bits per heavy atom. The summed E-state index contributed by atoms with van der Waals surface area (Å²) in [4.78, 5) is 13.2. The molecule has 0 fully saturated rings. The zero-order chi connectivity index (χ0) is 18.1. The predicted octanol–water partition coefficient (Wildman–Crippen LogP) is 5.07. The van der Waals surface area contributed by atoms with E-state index in [9.17, 15) is 0 Å². The zero-order valence-electron chi connectivity index (χ0n) is 15.8. The minimum Gasteiger partial charge on any atom is -0.467 e. The molecule has 5 heteroatoms. The number of benzene rings is 1. The topological polar surface area (TPSA) is 57.1 Å². The molecule has 1 heterocycles. The molecule has 136 valence electrons. The number of ether oxygens (including phenoxy) is 2. The average Bonchev–Trinajstić information content (AvgIpc) is 2.67. The molecule has 0 aliphatic heterocycles. The first kappa shape index (κ1) is 19.2. The lowest BCUT2D eigenvalue weighted by Gasteiger charge is -2.31. The van der Waals surface area contributed by atoms with Crippen LogP contribution in [0.5, 0.6) is 12.0 Å². The maximum atomic E-state index is 6.31. The summed E-state index contributed by atoms with van der Waals surface area (Å²) < 4.78 is 11.6. The molecule has 5 nitrogen and oxygen atoms in total. The summed E-state index contributed by atoms with van der Waals surface area (Å²) in [6, 6.07) is 10.4. The van der Waals surface area contributed by atoms with Gasteiger partial charge in [0.25, 0.3) is 0 Å². The molecule has 0 saturated heterocycles. The lowest BCUT2D eigenvalue weighted by molar-refractivity contribution is 0.0376. The van der Waals surface area contributed by atoms with E-state index in [2.05, 4.69) is 35.7 Å². The monoisotopic (exact) mass is 343 g/mol. The van der Waals surface area contributed by atoms with E-state index < -0.39 is 0 Å². The van der Waals surface area contributed by atoms with Gasteiger partial charge in [0.15, 0.2) is 5.82 Å². The summed E-state index contributed by atoms with van der Waals surface area (Å²) in [5.74, 6) is 0.567. The fourth-order valence-corrected chi connectivity index (χ4v) is 2.88. The molecule has 0 unspecified atom stereocenters. The van der Waals surface area contributed by atoms with E-state index in [1.165, 1.54) is 12.8 Å². The lowest BCUT2D eigenvalue weighted by atomic mass is 9.90. The summed E-state index contributed by atoms with van der Waals surface area (Å²) in [6.07, 6.45) is 6.39. The Labute approximate surface area is 150 Å². The number of hydrogen-bond donors (Lipinski definition) is 0. The van der Waals surface area contributed by atoms with E-state index in [0.29, 0.717) is 11.8 Å². The van der Waals surface area contributed by atoms with Gasteiger partial charge in [0.2, 0.25) is 0 Å². The zero-order valence-corrected chi connectivity index (χ0v) is 15.8. The molecule has 0 bridgehead atoms. The van der Waals surface area contributed by atoms with Gasteiger partial charge in [-0.1, -0.05) is 63.9 Å². The highest BCUT2D eigenvalue weighted by molar-refractivity contribution is 5.54. The van der Waals surface area contributed by atoms with Crippen LogP contribution in [0.15, 0.2) is 30.3 Å². The van der Waals surface area contributed by atoms with Crippen molar-refractivity contribution >= 4 is 0 Å². The van der Waals surface area contributed by atoms with Gasteiger partial charge in [0.1, 0.15) is 5.60 Å². The molecule has 1 aromatic heterocycles. The van der Waals surface area contributed by atoms with Crippen molar-refractivity contribution in [2.45, 2.75) is 64.9 Å². The van der Waals surface area contributed by atoms with E-state index in [4.69, 9.17) is 9.47 Å². The van der Waals surface area contributed by atoms with E-state index in [-0.39, 0.29) is 11.6 Å². The van der Waals surface area contributed by atoms with Crippen molar-refractivity contribution < 1.29 is 9.47 Å². The van der Waals surface area contributed by atoms with Gasteiger partial charge in [-0.2, -0.15) is 9.97 Å². The first-order valence-corrected chi connectivity index (χ1v) is 9.20. The molecule has 0 amide bonds. The summed E-state index contributed by atoms with van der Waals surface area (Å²) in [6.45, 7) is 6.53. The van der Waals surface area contributed by atoms with Crippen molar-refractivity contribution in [1.82, 2.24) is 15.0 Å². The van der Waals surface area contributed by atoms with Gasteiger partial charge in [0, 0.05) is 5.56 Å². The molecule has 25 heavy (non-hydrogen) atoms. The number of nitrogens with zero attached hydrogens (tertiary/aromatic N) is 3. The van der Waals surface area contributed by atoms with Crippen molar-refractivity contribution in [3.05, 3.63) is 30.3 Å². The Morgan fingerprint density at radius 3 is 2.16 bits per heavy atom. The number of methoxy groups -OCH3 is 1. The third kappa shape index (κ3) is 5.15. The molecule has 0 aliphatic rings. The summed E-state index contributed by atoms with van der Waals surface area (Å²) in [7, 11) is 1.56. The van der Waals surface area contributed by atoms with E-state index >= 15 is 0 Å². The predicted molar refractivity (Wildman–Crippen MR) is 99.9 cm³/mol. The van der Waals surface area contributed by atoms with Crippen molar-refractivity contribution in [2.75, 3.05) is 7.11 Å². The van der Waals surface area contributed by atoms with Gasteiger partial charge in [-0.15, -0.1) is 4.98 Å². The molecule has 0 radical (unpaired) electrons. The van der Waals surface area contributed by atoms with Gasteiger partial charge >= 0.3 is 12.0 Å². The molecule has 0 aliphatic carbocycles. The van der Waals surface area contributed by atoms with E-state index in [1.807, 2.05) is 30.3 Å². The standard InChI is InChI=1S/C20H29N3O2/c1-5-8-12-15-20(6-2,7-3)25-19-22-17(21-18(23-19)24-4)16-13-10-9-11-14-16/h9-11,13-14H,5-8,12,15H2,1-4H3. The fourth-order valence-electron chi connectivity index (χ4n) is 2.88. The molecular weight excluding hydrogens is 314 g/mol. The smallest absolute Gasteiger partial charge is 0.323 e. The van der Waals surface area contributed by atoms with Crippen LogP contribution < -0.4 is 9.47 Å². The normalized spacial score (nSPS) is 11.4. The number of rotatable bonds is 10. The van der Waals surface area contributed by atoms with Crippen LogP contribution in [0, 0.1) is 0 Å². The Bertz CT molecular complexity index is 643. The minimum absolute atomic E-state index is 0.241. The highest BCUT2D eigenvalue weighted by Crippen LogP contribution is 2.30. The van der Waals surface area contributed by atoms with Gasteiger partial charge in [-0.3, -0.25) is 0 Å². The van der Waals surface area contributed by atoms with E-state index in [0.717, 1.165) is 31.2 Å². The van der Waals surface area contributed by atoms with Crippen LogP contribution in [0.1, 0.15) is 59.3 Å². The minimum atomic E-state index is -0.241. The van der Waals surface area contributed by atoms with E-state index in [1.54, 1.807) is 7.11 Å². The molecule has 0 atom stereocenters. The van der Waals surface area contributed by atoms with Crippen LogP contribution >= 0.6 is 0 Å². The first-order chi connectivity index (χ1) is 12.2. The van der Waals surface area contributed by atoms with Gasteiger partial charge in [0.05, 0.1) is 7.11 Å². The van der Waals surface area contributed by atoms with Crippen LogP contribution in [0.3, 0.4) is 0 Å². The van der Waals surface area contributed by atoms with Crippen LogP contribution in [0.2, 0.25) is 0 Å². The molecule has 2 aromatic rings. The Balaban J connectivity index is 2.30. The Morgan fingerprint density at radius 1 is 0.880 bits per heavy atom. The fraction of sp³-hybridized carbons (Fsp3) is 0.550. The molecule has 0 saturated carbocycles. The van der Waals surface area contributed by atoms with Gasteiger partial charge in [-0.05, 0) is 25.7 Å². The maximum absolute atomic E-state index is 6.31. The highest BCUT2D eigenvalue weighted by atomic mass is 16.5. The summed E-state index contributed by atoms with van der Waals surface area (Å²) in [5, 5.41) is 0. The Hall–Kier alpha value is -2.17. The Kier molecular flexibility index (Phi) is 7.16. The van der Waals surface area contributed by atoms with Crippen molar-refractivity contribution in [2.24, 2.45) is 0 Å². The van der Waals surface area contributed by atoms with Gasteiger partial charge in [-0.25, -0.2) is 0 Å². The molecule has 0 N–H and O–H groups in total. The van der Waals surface area contributed by atoms with Crippen LogP contribution in [0.25, 0.3) is 11.4 Å². The molecular formula is C20H29N3O2. The third-order valence-electron chi connectivity index (χ3n) is 4.64. The quantitative estimate of drug-likeness (QED) is 0.564. The summed E-state index contributed by atoms with van der Waals surface area (Å²) >= 11 is 0. The highest BCUT2D eigenvalue weighted by Gasteiger charge is 2.29. The third-order valence-corrected chi connectivity index (χ3v) is 4.64. The SMILES string of the molecule is CCCCCC(CC)(CC)Oc1nc(OC)nc(-c2ccccc2)n1. The molecule has 1 aromatic carbocycles. The van der Waals surface area contributed by atoms with Crippen molar-refractivity contribution in [3.8, 4) is 23.4 Å². The van der Waals surface area contributed by atoms with Crippen LogP contribution in [0.4, 0.5) is 0 Å². The van der Waals surface area contributed by atoms with Gasteiger partial charge < -0.3 is 9.47 Å². The van der Waals surface area contributed by atoms with Crippen LogP contribution in [-0.4, -0.2) is 27.7 Å². The number of aromatic nitrogens is 3.